The van der Waals surface area contributed by atoms with Gasteiger partial charge >= 0.3 is 12.0 Å². The number of amides is 2. The Morgan fingerprint density at radius 2 is 1.85 bits per heavy atom. The molecule has 0 radical (unpaired) electrons. The quantitative estimate of drug-likeness (QED) is 0.831. The van der Waals surface area contributed by atoms with Crippen molar-refractivity contribution >= 4 is 12.0 Å². The van der Waals surface area contributed by atoms with Gasteiger partial charge in [0.25, 0.3) is 0 Å². The molecule has 2 saturated carbocycles. The zero-order valence-electron chi connectivity index (χ0n) is 11.9. The number of carboxylic acid groups (broad SMARTS) is 1. The smallest absolute Gasteiger partial charge is 0.326 e. The Hall–Kier alpha value is -1.26. The average molecular weight is 280 g/mol. The lowest BCUT2D eigenvalue weighted by Gasteiger charge is -2.25. The predicted molar refractivity (Wildman–Crippen MR) is 74.3 cm³/mol. The monoisotopic (exact) mass is 280 g/mol. The summed E-state index contributed by atoms with van der Waals surface area (Å²) < 4.78 is 0. The zero-order chi connectivity index (χ0) is 14.1. The van der Waals surface area contributed by atoms with Gasteiger partial charge in [-0.1, -0.05) is 19.3 Å². The van der Waals surface area contributed by atoms with Gasteiger partial charge in [0.05, 0.1) is 0 Å². The maximum atomic E-state index is 12.3. The summed E-state index contributed by atoms with van der Waals surface area (Å²) in [5, 5.41) is 12.4. The highest BCUT2D eigenvalue weighted by Crippen LogP contribution is 2.42. The van der Waals surface area contributed by atoms with Gasteiger partial charge in [0.1, 0.15) is 6.04 Å². The van der Waals surface area contributed by atoms with Crippen molar-refractivity contribution in [1.29, 1.82) is 0 Å². The van der Waals surface area contributed by atoms with E-state index in [0.29, 0.717) is 24.9 Å². The number of nitrogens with zero attached hydrogens (tertiary/aromatic N) is 1. The fraction of sp³-hybridized carbons (Fsp3) is 0.867. The molecular formula is C15H24N2O3. The van der Waals surface area contributed by atoms with E-state index in [2.05, 4.69) is 5.32 Å². The summed E-state index contributed by atoms with van der Waals surface area (Å²) in [4.78, 5) is 25.4. The Kier molecular flexibility index (Phi) is 3.85. The van der Waals surface area contributed by atoms with Crippen molar-refractivity contribution in [2.45, 2.75) is 51.0 Å². The fourth-order valence-electron chi connectivity index (χ4n) is 4.38. The van der Waals surface area contributed by atoms with E-state index in [1.54, 1.807) is 4.90 Å². The fourth-order valence-corrected chi connectivity index (χ4v) is 4.38. The van der Waals surface area contributed by atoms with Crippen molar-refractivity contribution in [3.05, 3.63) is 0 Å². The summed E-state index contributed by atoms with van der Waals surface area (Å²) in [5.41, 5.74) is 0. The lowest BCUT2D eigenvalue weighted by atomic mass is 9.94. The van der Waals surface area contributed by atoms with E-state index in [-0.39, 0.29) is 11.9 Å². The van der Waals surface area contributed by atoms with Crippen molar-refractivity contribution in [2.75, 3.05) is 13.1 Å². The number of fused-ring (bicyclic) bond motifs is 1. The Balaban J connectivity index is 1.59. The molecule has 3 rings (SSSR count). The van der Waals surface area contributed by atoms with Crippen LogP contribution in [0.2, 0.25) is 0 Å². The summed E-state index contributed by atoms with van der Waals surface area (Å²) in [6.07, 6.45) is 8.02. The van der Waals surface area contributed by atoms with Crippen molar-refractivity contribution in [1.82, 2.24) is 10.2 Å². The van der Waals surface area contributed by atoms with Gasteiger partial charge in [-0.05, 0) is 43.4 Å². The van der Waals surface area contributed by atoms with Crippen LogP contribution in [-0.2, 0) is 4.79 Å². The van der Waals surface area contributed by atoms with Crippen LogP contribution < -0.4 is 5.32 Å². The Bertz CT molecular complexity index is 393. The number of hydrogen-bond donors (Lipinski definition) is 2. The molecule has 0 aromatic rings. The number of hydrogen-bond acceptors (Lipinski definition) is 2. The highest BCUT2D eigenvalue weighted by molar-refractivity contribution is 5.83. The molecule has 20 heavy (non-hydrogen) atoms. The SMILES string of the molecule is O=C(O)C1C2CCCC2CN1C(=O)NCC1CCCC1. The van der Waals surface area contributed by atoms with E-state index in [9.17, 15) is 14.7 Å². The van der Waals surface area contributed by atoms with Gasteiger partial charge in [-0.2, -0.15) is 0 Å². The molecule has 0 bridgehead atoms. The molecule has 0 aromatic carbocycles. The number of carboxylic acids is 1. The standard InChI is InChI=1S/C15H24N2O3/c18-14(19)13-12-7-3-6-11(12)9-17(13)15(20)16-8-10-4-1-2-5-10/h10-13H,1-9H2,(H,16,20)(H,18,19). The van der Waals surface area contributed by atoms with Crippen LogP contribution in [0.4, 0.5) is 4.79 Å². The minimum absolute atomic E-state index is 0.168. The minimum atomic E-state index is -0.838. The van der Waals surface area contributed by atoms with Crippen LogP contribution in [0.5, 0.6) is 0 Å². The number of aliphatic carboxylic acids is 1. The van der Waals surface area contributed by atoms with Crippen molar-refractivity contribution in [3.8, 4) is 0 Å². The van der Waals surface area contributed by atoms with Gasteiger partial charge in [-0.15, -0.1) is 0 Å². The second-order valence-electron chi connectivity index (χ2n) is 6.63. The molecular weight excluding hydrogens is 256 g/mol. The first kappa shape index (κ1) is 13.7. The van der Waals surface area contributed by atoms with E-state index in [1.165, 1.54) is 25.7 Å². The first-order valence-electron chi connectivity index (χ1n) is 7.94. The van der Waals surface area contributed by atoms with E-state index in [4.69, 9.17) is 0 Å². The normalized spacial score (nSPS) is 33.4. The van der Waals surface area contributed by atoms with Crippen LogP contribution in [-0.4, -0.2) is 41.1 Å². The van der Waals surface area contributed by atoms with E-state index in [0.717, 1.165) is 19.3 Å². The molecule has 2 N–H and O–H groups in total. The van der Waals surface area contributed by atoms with Crippen LogP contribution in [0, 0.1) is 17.8 Å². The Morgan fingerprint density at radius 1 is 1.10 bits per heavy atom. The van der Waals surface area contributed by atoms with E-state index >= 15 is 0 Å². The molecule has 112 valence electrons. The molecule has 3 atom stereocenters. The number of carbonyl (C=O) groups excluding carboxylic acids is 1. The number of rotatable bonds is 3. The molecule has 1 saturated heterocycles. The second-order valence-corrected chi connectivity index (χ2v) is 6.63. The molecule has 0 aromatic heterocycles. The lowest BCUT2D eigenvalue weighted by molar-refractivity contribution is -0.142. The highest BCUT2D eigenvalue weighted by Gasteiger charge is 2.49. The zero-order valence-corrected chi connectivity index (χ0v) is 11.9. The third-order valence-electron chi connectivity index (χ3n) is 5.42. The summed E-state index contributed by atoms with van der Waals surface area (Å²) in [7, 11) is 0. The predicted octanol–water partition coefficient (Wildman–Crippen LogP) is 2.07. The molecule has 1 aliphatic heterocycles. The molecule has 3 fully saturated rings. The molecule has 5 nitrogen and oxygen atoms in total. The summed E-state index contributed by atoms with van der Waals surface area (Å²) in [6.45, 7) is 1.33. The topological polar surface area (TPSA) is 69.6 Å². The number of urea groups is 1. The third kappa shape index (κ3) is 2.50. The summed E-state index contributed by atoms with van der Waals surface area (Å²) >= 11 is 0. The van der Waals surface area contributed by atoms with Gasteiger partial charge in [0.15, 0.2) is 0 Å². The molecule has 0 spiro atoms. The van der Waals surface area contributed by atoms with Crippen molar-refractivity contribution < 1.29 is 14.7 Å². The summed E-state index contributed by atoms with van der Waals surface area (Å²) in [6, 6.07) is -0.773. The molecule has 5 heteroatoms. The number of likely N-dealkylation sites (tertiary alicyclic amines) is 1. The first-order chi connectivity index (χ1) is 9.66. The maximum absolute atomic E-state index is 12.3. The van der Waals surface area contributed by atoms with Gasteiger partial charge in [-0.3, -0.25) is 0 Å². The largest absolute Gasteiger partial charge is 0.480 e. The van der Waals surface area contributed by atoms with Gasteiger partial charge < -0.3 is 15.3 Å². The van der Waals surface area contributed by atoms with Crippen molar-refractivity contribution in [2.24, 2.45) is 17.8 Å². The number of carbonyl (C=O) groups is 2. The van der Waals surface area contributed by atoms with Crippen LogP contribution in [0.15, 0.2) is 0 Å². The molecule has 2 amide bonds. The Labute approximate surface area is 119 Å². The maximum Gasteiger partial charge on any atom is 0.326 e. The second kappa shape index (κ2) is 5.62. The average Bonchev–Trinajstić information content (AvgIpc) is 3.10. The number of nitrogens with one attached hydrogen (secondary N) is 1. The van der Waals surface area contributed by atoms with Crippen LogP contribution in [0.25, 0.3) is 0 Å². The van der Waals surface area contributed by atoms with Crippen molar-refractivity contribution in [3.63, 3.8) is 0 Å². The molecule has 3 unspecified atom stereocenters. The summed E-state index contributed by atoms with van der Waals surface area (Å²) in [5.74, 6) is 0.317. The van der Waals surface area contributed by atoms with Gasteiger partial charge in [-0.25, -0.2) is 9.59 Å². The Morgan fingerprint density at radius 3 is 2.55 bits per heavy atom. The molecule has 2 aliphatic carbocycles. The van der Waals surface area contributed by atoms with Crippen LogP contribution in [0.3, 0.4) is 0 Å². The van der Waals surface area contributed by atoms with Crippen LogP contribution >= 0.6 is 0 Å². The lowest BCUT2D eigenvalue weighted by Crippen LogP contribution is -2.48. The highest BCUT2D eigenvalue weighted by atomic mass is 16.4. The van der Waals surface area contributed by atoms with Gasteiger partial charge in [0, 0.05) is 13.1 Å². The van der Waals surface area contributed by atoms with Crippen LogP contribution in [0.1, 0.15) is 44.9 Å². The third-order valence-corrected chi connectivity index (χ3v) is 5.42. The van der Waals surface area contributed by atoms with Gasteiger partial charge in [0.2, 0.25) is 0 Å². The molecule has 3 aliphatic rings. The first-order valence-corrected chi connectivity index (χ1v) is 7.94. The molecule has 1 heterocycles. The van der Waals surface area contributed by atoms with E-state index < -0.39 is 12.0 Å². The minimum Gasteiger partial charge on any atom is -0.480 e. The van der Waals surface area contributed by atoms with E-state index in [1.807, 2.05) is 0 Å².